The van der Waals surface area contributed by atoms with E-state index in [1.54, 1.807) is 0 Å². The maximum absolute atomic E-state index is 13.2. The molecule has 3 N–H and O–H groups in total. The lowest BCUT2D eigenvalue weighted by molar-refractivity contribution is -0.161. The van der Waals surface area contributed by atoms with Gasteiger partial charge in [0.15, 0.2) is 12.2 Å². The van der Waals surface area contributed by atoms with E-state index in [-0.39, 0.29) is 25.7 Å². The van der Waals surface area contributed by atoms with Crippen molar-refractivity contribution in [3.8, 4) is 0 Å². The minimum atomic E-state index is -4.97. The van der Waals surface area contributed by atoms with E-state index in [4.69, 9.17) is 37.0 Å². The molecule has 644 valence electrons. The van der Waals surface area contributed by atoms with Crippen molar-refractivity contribution in [3.05, 3.63) is 24.3 Å². The fraction of sp³-hybridized carbons (Fsp3) is 0.911. The molecule has 0 heterocycles. The van der Waals surface area contributed by atoms with Gasteiger partial charge in [0.2, 0.25) is 0 Å². The number of carbonyl (C=O) groups excluding carboxylic acids is 4. The van der Waals surface area contributed by atoms with Gasteiger partial charge in [-0.25, -0.2) is 9.13 Å². The van der Waals surface area contributed by atoms with Gasteiger partial charge in [-0.2, -0.15) is 0 Å². The van der Waals surface area contributed by atoms with Gasteiger partial charge in [-0.05, 0) is 63.2 Å². The molecule has 0 spiro atoms. The molecule has 19 heteroatoms. The number of rotatable bonds is 87. The summed E-state index contributed by atoms with van der Waals surface area (Å²) in [4.78, 5) is 73.3. The lowest BCUT2D eigenvalue weighted by Gasteiger charge is -2.21. The molecule has 0 amide bonds. The molecular formula is C90H172O17P2. The van der Waals surface area contributed by atoms with Crippen LogP contribution in [0.15, 0.2) is 24.3 Å². The number of carbonyl (C=O) groups is 4. The zero-order valence-corrected chi connectivity index (χ0v) is 73.1. The monoisotopic (exact) mass is 1590 g/mol. The Bertz CT molecular complexity index is 2180. The summed E-state index contributed by atoms with van der Waals surface area (Å²) < 4.78 is 68.9. The van der Waals surface area contributed by atoms with Gasteiger partial charge in [0.25, 0.3) is 0 Å². The van der Waals surface area contributed by atoms with Gasteiger partial charge in [-0.15, -0.1) is 0 Å². The average Bonchev–Trinajstić information content (AvgIpc) is 0.893. The number of ether oxygens (including phenoxy) is 4. The van der Waals surface area contributed by atoms with Crippen molar-refractivity contribution in [2.24, 2.45) is 11.8 Å². The smallest absolute Gasteiger partial charge is 0.462 e. The quantitative estimate of drug-likeness (QED) is 0.0169. The minimum Gasteiger partial charge on any atom is -0.462 e. The van der Waals surface area contributed by atoms with Crippen LogP contribution in [-0.2, 0) is 65.4 Å². The second-order valence-electron chi connectivity index (χ2n) is 32.4. The van der Waals surface area contributed by atoms with E-state index in [0.29, 0.717) is 25.7 Å². The zero-order chi connectivity index (χ0) is 79.9. The predicted molar refractivity (Wildman–Crippen MR) is 451 cm³/mol. The van der Waals surface area contributed by atoms with E-state index in [2.05, 4.69) is 65.8 Å². The van der Waals surface area contributed by atoms with E-state index in [0.717, 1.165) is 121 Å². The summed E-state index contributed by atoms with van der Waals surface area (Å²) in [5.41, 5.74) is 0. The number of hydrogen-bond donors (Lipinski definition) is 3. The molecule has 109 heavy (non-hydrogen) atoms. The van der Waals surface area contributed by atoms with Crippen molar-refractivity contribution in [2.45, 2.75) is 477 Å². The van der Waals surface area contributed by atoms with Gasteiger partial charge >= 0.3 is 39.5 Å². The first-order valence-electron chi connectivity index (χ1n) is 45.8. The first-order chi connectivity index (χ1) is 52.9. The Morgan fingerprint density at radius 3 is 0.826 bits per heavy atom. The van der Waals surface area contributed by atoms with Crippen LogP contribution in [0.4, 0.5) is 0 Å². The lowest BCUT2D eigenvalue weighted by atomic mass is 9.99. The van der Waals surface area contributed by atoms with Crippen LogP contribution in [0.3, 0.4) is 0 Å². The molecule has 0 saturated carbocycles. The van der Waals surface area contributed by atoms with E-state index < -0.39 is 97.5 Å². The van der Waals surface area contributed by atoms with Crippen LogP contribution in [0.1, 0.15) is 459 Å². The van der Waals surface area contributed by atoms with Crippen molar-refractivity contribution in [2.75, 3.05) is 39.6 Å². The molecule has 0 rings (SSSR count). The molecule has 17 nitrogen and oxygen atoms in total. The number of phosphoric ester groups is 2. The number of hydrogen-bond acceptors (Lipinski definition) is 15. The third kappa shape index (κ3) is 81.9. The van der Waals surface area contributed by atoms with E-state index in [1.807, 2.05) is 0 Å². The van der Waals surface area contributed by atoms with Crippen molar-refractivity contribution in [1.29, 1.82) is 0 Å². The van der Waals surface area contributed by atoms with Gasteiger partial charge in [-0.1, -0.05) is 406 Å². The third-order valence-electron chi connectivity index (χ3n) is 20.9. The Hall–Kier alpha value is -2.46. The summed E-state index contributed by atoms with van der Waals surface area (Å²) in [7, 11) is -9.95. The van der Waals surface area contributed by atoms with Crippen molar-refractivity contribution in [3.63, 3.8) is 0 Å². The number of phosphoric acid groups is 2. The molecule has 0 aromatic rings. The second kappa shape index (κ2) is 80.7. The summed E-state index contributed by atoms with van der Waals surface area (Å²) in [6.45, 7) is 9.65. The van der Waals surface area contributed by atoms with Gasteiger partial charge < -0.3 is 33.8 Å². The Balaban J connectivity index is 5.25. The largest absolute Gasteiger partial charge is 0.472 e. The number of unbranched alkanes of at least 4 members (excludes halogenated alkanes) is 53. The number of allylic oxidation sites excluding steroid dienone is 4. The van der Waals surface area contributed by atoms with Gasteiger partial charge in [0, 0.05) is 25.7 Å². The van der Waals surface area contributed by atoms with Gasteiger partial charge in [-0.3, -0.25) is 37.3 Å². The molecule has 0 aliphatic carbocycles. The van der Waals surface area contributed by atoms with Crippen molar-refractivity contribution >= 4 is 39.5 Å². The third-order valence-corrected chi connectivity index (χ3v) is 22.8. The van der Waals surface area contributed by atoms with Crippen LogP contribution in [0.5, 0.6) is 0 Å². The summed E-state index contributed by atoms with van der Waals surface area (Å²) in [6, 6.07) is 0. The summed E-state index contributed by atoms with van der Waals surface area (Å²) in [5, 5.41) is 10.7. The Kier molecular flexibility index (Phi) is 78.9. The molecule has 0 aromatic carbocycles. The van der Waals surface area contributed by atoms with Crippen LogP contribution in [0, 0.1) is 11.8 Å². The standard InChI is InChI=1S/C90H172O17P2/c1-7-10-12-14-16-18-20-22-24-25-26-27-28-32-36-39-43-47-54-60-66-72-87(92)100-78-85(106-89(94)75-69-63-57-49-45-41-37-33-30-29-31-35-38-42-46-53-59-65-71-83(6)9-3)80-104-108(96,97)102-76-84(91)77-103-109(98,99)105-81-86(79-101-88(93)73-67-61-55-51-50-52-58-64-70-82(4)5)107-90(95)74-68-62-56-48-44-40-34-23-21-19-17-15-13-11-8-2/h19,21,23,34,82-86,91H,7-18,20,22,24-33,35-81H2,1-6H3,(H,96,97)(H,98,99)/b21-19-,34-23-/t83?,84-,85-,86-/m1/s1. The van der Waals surface area contributed by atoms with Crippen LogP contribution in [0.25, 0.3) is 0 Å². The lowest BCUT2D eigenvalue weighted by Crippen LogP contribution is -2.30. The Morgan fingerprint density at radius 2 is 0.541 bits per heavy atom. The van der Waals surface area contributed by atoms with Crippen LogP contribution >= 0.6 is 15.6 Å². The number of aliphatic hydroxyl groups excluding tert-OH is 1. The molecular weight excluding hydrogens is 1410 g/mol. The van der Waals surface area contributed by atoms with E-state index in [9.17, 15) is 43.2 Å². The summed E-state index contributed by atoms with van der Waals surface area (Å²) in [6.07, 6.45) is 77.4. The van der Waals surface area contributed by atoms with E-state index in [1.165, 1.54) is 257 Å². The molecule has 0 aliphatic rings. The molecule has 0 bridgehead atoms. The van der Waals surface area contributed by atoms with Crippen LogP contribution in [-0.4, -0.2) is 96.7 Å². The SMILES string of the molecule is CCCCCC/C=C\C=C/CCCCCCCC(=O)O[C@H](COC(=O)CCCCCCCCCCC(C)C)COP(=O)(O)OC[C@H](O)COP(=O)(O)OC[C@@H](COC(=O)CCCCCCCCCCCCCCCCCCCCCCC)OC(=O)CCCCCCCCCCCCCCCCCCCCC(C)CC. The van der Waals surface area contributed by atoms with Crippen molar-refractivity contribution in [1.82, 2.24) is 0 Å². The molecule has 3 unspecified atom stereocenters. The number of esters is 4. The number of aliphatic hydroxyl groups is 1. The minimum absolute atomic E-state index is 0.0848. The highest BCUT2D eigenvalue weighted by atomic mass is 31.2. The average molecular weight is 1590 g/mol. The van der Waals surface area contributed by atoms with Crippen LogP contribution in [0.2, 0.25) is 0 Å². The first-order valence-corrected chi connectivity index (χ1v) is 48.8. The fourth-order valence-electron chi connectivity index (χ4n) is 13.6. The maximum atomic E-state index is 13.2. The molecule has 0 aromatic heterocycles. The van der Waals surface area contributed by atoms with Crippen molar-refractivity contribution < 1.29 is 80.2 Å². The summed E-state index contributed by atoms with van der Waals surface area (Å²) >= 11 is 0. The van der Waals surface area contributed by atoms with Gasteiger partial charge in [0.1, 0.15) is 19.3 Å². The highest BCUT2D eigenvalue weighted by molar-refractivity contribution is 7.47. The Morgan fingerprint density at radius 1 is 0.303 bits per heavy atom. The summed E-state index contributed by atoms with van der Waals surface area (Å²) in [5.74, 6) is -0.537. The molecule has 0 radical (unpaired) electrons. The molecule has 0 fully saturated rings. The molecule has 0 saturated heterocycles. The Labute approximate surface area is 669 Å². The highest BCUT2D eigenvalue weighted by Gasteiger charge is 2.31. The second-order valence-corrected chi connectivity index (χ2v) is 35.3. The maximum Gasteiger partial charge on any atom is 0.472 e. The first kappa shape index (κ1) is 107. The fourth-order valence-corrected chi connectivity index (χ4v) is 15.1. The van der Waals surface area contributed by atoms with Crippen LogP contribution < -0.4 is 0 Å². The normalized spacial score (nSPS) is 14.1. The van der Waals surface area contributed by atoms with Gasteiger partial charge in [0.05, 0.1) is 26.4 Å². The topological polar surface area (TPSA) is 237 Å². The van der Waals surface area contributed by atoms with E-state index >= 15 is 0 Å². The highest BCUT2D eigenvalue weighted by Crippen LogP contribution is 2.45. The molecule has 0 aliphatic heterocycles. The molecule has 6 atom stereocenters. The predicted octanol–water partition coefficient (Wildman–Crippen LogP) is 27.3. The zero-order valence-electron chi connectivity index (χ0n) is 71.4.